The molecule has 2 rings (SSSR count). The molecule has 0 aliphatic heterocycles. The molecule has 0 saturated heterocycles. The Morgan fingerprint density at radius 1 is 1.41 bits per heavy atom. The van der Waals surface area contributed by atoms with Crippen molar-refractivity contribution in [3.8, 4) is 0 Å². The van der Waals surface area contributed by atoms with Crippen molar-refractivity contribution in [2.45, 2.75) is 51.6 Å². The Bertz CT molecular complexity index is 414. The maximum atomic E-state index is 12.0. The molecular formula is C12H19N3O2. The van der Waals surface area contributed by atoms with Crippen molar-refractivity contribution >= 4 is 5.91 Å². The number of hydrogen-bond donors (Lipinski definition) is 2. The van der Waals surface area contributed by atoms with E-state index >= 15 is 0 Å². The van der Waals surface area contributed by atoms with E-state index < -0.39 is 0 Å². The molecule has 1 saturated carbocycles. The van der Waals surface area contributed by atoms with E-state index in [0.29, 0.717) is 17.3 Å². The van der Waals surface area contributed by atoms with Crippen LogP contribution in [0.3, 0.4) is 0 Å². The van der Waals surface area contributed by atoms with Gasteiger partial charge in [-0.15, -0.1) is 0 Å². The minimum atomic E-state index is -0.203. The number of oxazole rings is 1. The fourth-order valence-corrected chi connectivity index (χ4v) is 2.31. The quantitative estimate of drug-likeness (QED) is 0.812. The Labute approximate surface area is 101 Å². The number of amides is 1. The first-order valence-electron chi connectivity index (χ1n) is 6.08. The molecule has 0 spiro atoms. The summed E-state index contributed by atoms with van der Waals surface area (Å²) < 4.78 is 5.29. The van der Waals surface area contributed by atoms with Crippen LogP contribution in [0, 0.1) is 13.8 Å². The molecule has 2 atom stereocenters. The Kier molecular flexibility index (Phi) is 3.47. The standard InChI is InChI=1S/C12H19N3O2/c1-7-11(17-8(2)14-7)12(16)15-10-6-4-3-5-9(10)13/h9-10H,3-6,13H2,1-2H3,(H,15,16). The molecule has 1 aromatic rings. The van der Waals surface area contributed by atoms with Crippen molar-refractivity contribution in [1.82, 2.24) is 10.3 Å². The third kappa shape index (κ3) is 2.66. The molecule has 2 unspecified atom stereocenters. The lowest BCUT2D eigenvalue weighted by Crippen LogP contribution is -2.49. The molecule has 0 bridgehead atoms. The molecule has 5 heteroatoms. The summed E-state index contributed by atoms with van der Waals surface area (Å²) in [5, 5.41) is 2.94. The van der Waals surface area contributed by atoms with Crippen molar-refractivity contribution in [2.24, 2.45) is 5.73 Å². The number of carbonyl (C=O) groups excluding carboxylic acids is 1. The number of hydrogen-bond acceptors (Lipinski definition) is 4. The molecule has 3 N–H and O–H groups in total. The van der Waals surface area contributed by atoms with Crippen LogP contribution in [0.5, 0.6) is 0 Å². The largest absolute Gasteiger partial charge is 0.436 e. The van der Waals surface area contributed by atoms with Gasteiger partial charge in [-0.1, -0.05) is 12.8 Å². The number of nitrogens with zero attached hydrogens (tertiary/aromatic N) is 1. The first-order chi connectivity index (χ1) is 8.08. The lowest BCUT2D eigenvalue weighted by atomic mass is 9.91. The van der Waals surface area contributed by atoms with E-state index in [2.05, 4.69) is 10.3 Å². The van der Waals surface area contributed by atoms with Crippen molar-refractivity contribution in [1.29, 1.82) is 0 Å². The van der Waals surface area contributed by atoms with Gasteiger partial charge in [0.05, 0.1) is 5.69 Å². The second kappa shape index (κ2) is 4.87. The van der Waals surface area contributed by atoms with Crippen LogP contribution in [0.2, 0.25) is 0 Å². The Morgan fingerprint density at radius 2 is 2.12 bits per heavy atom. The maximum Gasteiger partial charge on any atom is 0.289 e. The highest BCUT2D eigenvalue weighted by Gasteiger charge is 2.25. The van der Waals surface area contributed by atoms with Crippen molar-refractivity contribution < 1.29 is 9.21 Å². The fourth-order valence-electron chi connectivity index (χ4n) is 2.31. The smallest absolute Gasteiger partial charge is 0.289 e. The summed E-state index contributed by atoms with van der Waals surface area (Å²) >= 11 is 0. The van der Waals surface area contributed by atoms with Crippen LogP contribution in [0.1, 0.15) is 47.8 Å². The molecule has 1 heterocycles. The van der Waals surface area contributed by atoms with Crippen LogP contribution in [-0.2, 0) is 0 Å². The summed E-state index contributed by atoms with van der Waals surface area (Å²) in [6.07, 6.45) is 4.18. The monoisotopic (exact) mass is 237 g/mol. The summed E-state index contributed by atoms with van der Waals surface area (Å²) in [7, 11) is 0. The molecule has 0 radical (unpaired) electrons. The van der Waals surface area contributed by atoms with Gasteiger partial charge >= 0.3 is 0 Å². The molecule has 0 aromatic carbocycles. The zero-order chi connectivity index (χ0) is 12.4. The van der Waals surface area contributed by atoms with Gasteiger partial charge in [0.2, 0.25) is 5.76 Å². The van der Waals surface area contributed by atoms with Gasteiger partial charge in [0.1, 0.15) is 0 Å². The summed E-state index contributed by atoms with van der Waals surface area (Å²) in [5.41, 5.74) is 6.62. The molecule has 1 amide bonds. The number of aromatic nitrogens is 1. The predicted octanol–water partition coefficient (Wildman–Crippen LogP) is 1.29. The molecular weight excluding hydrogens is 218 g/mol. The van der Waals surface area contributed by atoms with Crippen LogP contribution in [0.15, 0.2) is 4.42 Å². The van der Waals surface area contributed by atoms with Gasteiger partial charge in [-0.3, -0.25) is 4.79 Å². The van der Waals surface area contributed by atoms with Crippen molar-refractivity contribution in [3.05, 3.63) is 17.3 Å². The number of nitrogens with one attached hydrogen (secondary N) is 1. The zero-order valence-electron chi connectivity index (χ0n) is 10.3. The van der Waals surface area contributed by atoms with Gasteiger partial charge in [0, 0.05) is 19.0 Å². The number of carbonyl (C=O) groups is 1. The second-order valence-electron chi connectivity index (χ2n) is 4.68. The number of rotatable bonds is 2. The third-order valence-corrected chi connectivity index (χ3v) is 3.25. The number of aryl methyl sites for hydroxylation is 2. The summed E-state index contributed by atoms with van der Waals surface area (Å²) in [6.45, 7) is 3.50. The molecule has 1 aliphatic rings. The lowest BCUT2D eigenvalue weighted by molar-refractivity contribution is 0.0891. The summed E-state index contributed by atoms with van der Waals surface area (Å²) in [4.78, 5) is 16.1. The Hall–Kier alpha value is -1.36. The van der Waals surface area contributed by atoms with Gasteiger partial charge in [-0.2, -0.15) is 0 Å². The van der Waals surface area contributed by atoms with Gasteiger partial charge in [-0.05, 0) is 19.8 Å². The van der Waals surface area contributed by atoms with Gasteiger partial charge in [-0.25, -0.2) is 4.98 Å². The van der Waals surface area contributed by atoms with E-state index in [0.717, 1.165) is 25.7 Å². The molecule has 1 aliphatic carbocycles. The van der Waals surface area contributed by atoms with E-state index in [4.69, 9.17) is 10.2 Å². The summed E-state index contributed by atoms with van der Waals surface area (Å²) in [5.74, 6) is 0.617. The normalized spacial score (nSPS) is 24.6. The summed E-state index contributed by atoms with van der Waals surface area (Å²) in [6, 6.07) is 0.109. The highest BCUT2D eigenvalue weighted by molar-refractivity contribution is 5.92. The van der Waals surface area contributed by atoms with Crippen molar-refractivity contribution in [2.75, 3.05) is 0 Å². The van der Waals surface area contributed by atoms with E-state index in [1.807, 2.05) is 0 Å². The lowest BCUT2D eigenvalue weighted by Gasteiger charge is -2.28. The Balaban J connectivity index is 2.03. The minimum Gasteiger partial charge on any atom is -0.436 e. The molecule has 17 heavy (non-hydrogen) atoms. The molecule has 1 fully saturated rings. The fraction of sp³-hybridized carbons (Fsp3) is 0.667. The first kappa shape index (κ1) is 12.1. The van der Waals surface area contributed by atoms with Gasteiger partial charge in [0.25, 0.3) is 5.91 Å². The highest BCUT2D eigenvalue weighted by Crippen LogP contribution is 2.18. The van der Waals surface area contributed by atoms with E-state index in [-0.39, 0.29) is 18.0 Å². The second-order valence-corrected chi connectivity index (χ2v) is 4.68. The van der Waals surface area contributed by atoms with Gasteiger partial charge in [0.15, 0.2) is 5.89 Å². The minimum absolute atomic E-state index is 0.0528. The molecule has 5 nitrogen and oxygen atoms in total. The van der Waals surface area contributed by atoms with E-state index in [1.54, 1.807) is 13.8 Å². The van der Waals surface area contributed by atoms with Crippen molar-refractivity contribution in [3.63, 3.8) is 0 Å². The number of nitrogens with two attached hydrogens (primary N) is 1. The predicted molar refractivity (Wildman–Crippen MR) is 63.7 cm³/mol. The average molecular weight is 237 g/mol. The maximum absolute atomic E-state index is 12.0. The Morgan fingerprint density at radius 3 is 2.71 bits per heavy atom. The zero-order valence-corrected chi connectivity index (χ0v) is 10.3. The molecule has 1 aromatic heterocycles. The van der Waals surface area contributed by atoms with Gasteiger partial charge < -0.3 is 15.5 Å². The first-order valence-corrected chi connectivity index (χ1v) is 6.08. The van der Waals surface area contributed by atoms with E-state index in [1.165, 1.54) is 0 Å². The van der Waals surface area contributed by atoms with Crippen LogP contribution in [-0.4, -0.2) is 23.0 Å². The van der Waals surface area contributed by atoms with Crippen LogP contribution < -0.4 is 11.1 Å². The third-order valence-electron chi connectivity index (χ3n) is 3.25. The topological polar surface area (TPSA) is 81.2 Å². The van der Waals surface area contributed by atoms with Crippen LogP contribution in [0.4, 0.5) is 0 Å². The SMILES string of the molecule is Cc1nc(C)c(C(=O)NC2CCCCC2N)o1. The van der Waals surface area contributed by atoms with E-state index in [9.17, 15) is 4.79 Å². The highest BCUT2D eigenvalue weighted by atomic mass is 16.4. The van der Waals surface area contributed by atoms with Crippen LogP contribution >= 0.6 is 0 Å². The molecule has 94 valence electrons. The van der Waals surface area contributed by atoms with Crippen LogP contribution in [0.25, 0.3) is 0 Å². The average Bonchev–Trinajstić information content (AvgIpc) is 2.61.